The van der Waals surface area contributed by atoms with E-state index < -0.39 is 0 Å². The monoisotopic (exact) mass is 189 g/mol. The standard InChI is InChI=1S/C10H11N3O/c1-6-8(5-12-7(2)13-6)10-9(11)3-4-14-10/h3-5H,11H2,1-2H3. The molecule has 2 aromatic heterocycles. The molecule has 72 valence electrons. The van der Waals surface area contributed by atoms with Crippen LogP contribution in [0.15, 0.2) is 22.9 Å². The molecular weight excluding hydrogens is 178 g/mol. The van der Waals surface area contributed by atoms with Gasteiger partial charge in [-0.1, -0.05) is 0 Å². The second-order valence-electron chi connectivity index (χ2n) is 3.12. The van der Waals surface area contributed by atoms with Gasteiger partial charge in [-0.3, -0.25) is 0 Å². The van der Waals surface area contributed by atoms with E-state index in [9.17, 15) is 0 Å². The molecule has 0 saturated carbocycles. The minimum atomic E-state index is 0.612. The molecular formula is C10H11N3O. The van der Waals surface area contributed by atoms with Crippen LogP contribution >= 0.6 is 0 Å². The van der Waals surface area contributed by atoms with Gasteiger partial charge in [-0.25, -0.2) is 9.97 Å². The van der Waals surface area contributed by atoms with Crippen LogP contribution in [0.2, 0.25) is 0 Å². The van der Waals surface area contributed by atoms with E-state index in [0.29, 0.717) is 11.4 Å². The number of furan rings is 1. The number of anilines is 1. The quantitative estimate of drug-likeness (QED) is 0.744. The number of aromatic nitrogens is 2. The molecule has 0 radical (unpaired) electrons. The predicted octanol–water partition coefficient (Wildman–Crippen LogP) is 1.94. The lowest BCUT2D eigenvalue weighted by Crippen LogP contribution is -1.94. The molecule has 0 fully saturated rings. The van der Waals surface area contributed by atoms with E-state index in [1.54, 1.807) is 18.5 Å². The molecule has 0 aliphatic heterocycles. The molecule has 0 bridgehead atoms. The number of hydrogen-bond acceptors (Lipinski definition) is 4. The van der Waals surface area contributed by atoms with Crippen LogP contribution in [-0.4, -0.2) is 9.97 Å². The lowest BCUT2D eigenvalue weighted by molar-refractivity contribution is 0.582. The highest BCUT2D eigenvalue weighted by atomic mass is 16.3. The highest BCUT2D eigenvalue weighted by molar-refractivity contribution is 5.71. The SMILES string of the molecule is Cc1ncc(-c2occc2N)c(C)n1. The molecule has 4 heteroatoms. The average molecular weight is 189 g/mol. The van der Waals surface area contributed by atoms with E-state index in [-0.39, 0.29) is 0 Å². The lowest BCUT2D eigenvalue weighted by atomic mass is 10.2. The third-order valence-electron chi connectivity index (χ3n) is 2.04. The van der Waals surface area contributed by atoms with Crippen molar-refractivity contribution in [2.45, 2.75) is 13.8 Å². The molecule has 0 unspecified atom stereocenters. The molecule has 2 heterocycles. The number of rotatable bonds is 1. The summed E-state index contributed by atoms with van der Waals surface area (Å²) in [4.78, 5) is 8.35. The summed E-state index contributed by atoms with van der Waals surface area (Å²) < 4.78 is 5.27. The molecule has 0 spiro atoms. The summed E-state index contributed by atoms with van der Waals surface area (Å²) in [7, 11) is 0. The van der Waals surface area contributed by atoms with Crippen LogP contribution < -0.4 is 5.73 Å². The Morgan fingerprint density at radius 1 is 1.36 bits per heavy atom. The van der Waals surface area contributed by atoms with Crippen molar-refractivity contribution >= 4 is 5.69 Å². The Morgan fingerprint density at radius 2 is 2.14 bits per heavy atom. The van der Waals surface area contributed by atoms with Crippen molar-refractivity contribution in [3.05, 3.63) is 30.0 Å². The van der Waals surface area contributed by atoms with Gasteiger partial charge in [0.15, 0.2) is 5.76 Å². The number of nitrogen functional groups attached to an aromatic ring is 1. The first kappa shape index (κ1) is 8.74. The highest BCUT2D eigenvalue weighted by Gasteiger charge is 2.10. The molecule has 4 nitrogen and oxygen atoms in total. The van der Waals surface area contributed by atoms with Gasteiger partial charge in [-0.15, -0.1) is 0 Å². The second kappa shape index (κ2) is 3.14. The predicted molar refractivity (Wildman–Crippen MR) is 53.6 cm³/mol. The van der Waals surface area contributed by atoms with Crippen molar-refractivity contribution in [1.82, 2.24) is 9.97 Å². The summed E-state index contributed by atoms with van der Waals surface area (Å²) in [5.74, 6) is 1.39. The fraction of sp³-hybridized carbons (Fsp3) is 0.200. The topological polar surface area (TPSA) is 64.9 Å². The summed E-state index contributed by atoms with van der Waals surface area (Å²) in [6.07, 6.45) is 3.29. The maximum absolute atomic E-state index is 5.73. The summed E-state index contributed by atoms with van der Waals surface area (Å²) in [5.41, 5.74) is 8.06. The number of aryl methyl sites for hydroxylation is 2. The van der Waals surface area contributed by atoms with Crippen molar-refractivity contribution in [3.8, 4) is 11.3 Å². The highest BCUT2D eigenvalue weighted by Crippen LogP contribution is 2.27. The first-order chi connectivity index (χ1) is 6.68. The molecule has 0 saturated heterocycles. The Kier molecular flexibility index (Phi) is 1.96. The van der Waals surface area contributed by atoms with Gasteiger partial charge in [0.05, 0.1) is 23.2 Å². The Balaban J connectivity index is 2.58. The van der Waals surface area contributed by atoms with Crippen molar-refractivity contribution in [1.29, 1.82) is 0 Å². The molecule has 0 atom stereocenters. The molecule has 0 aliphatic carbocycles. The fourth-order valence-corrected chi connectivity index (χ4v) is 1.34. The van der Waals surface area contributed by atoms with Gasteiger partial charge in [0.25, 0.3) is 0 Å². The molecule has 0 amide bonds. The Hall–Kier alpha value is -1.84. The van der Waals surface area contributed by atoms with Crippen molar-refractivity contribution in [3.63, 3.8) is 0 Å². The van der Waals surface area contributed by atoms with Gasteiger partial charge in [-0.05, 0) is 13.8 Å². The third-order valence-corrected chi connectivity index (χ3v) is 2.04. The number of hydrogen-bond donors (Lipinski definition) is 1. The van der Waals surface area contributed by atoms with Crippen LogP contribution in [0, 0.1) is 13.8 Å². The van der Waals surface area contributed by atoms with Crippen LogP contribution in [0.3, 0.4) is 0 Å². The number of nitrogens with zero attached hydrogens (tertiary/aromatic N) is 2. The maximum Gasteiger partial charge on any atom is 0.160 e. The zero-order chi connectivity index (χ0) is 10.1. The lowest BCUT2D eigenvalue weighted by Gasteiger charge is -2.02. The van der Waals surface area contributed by atoms with Gasteiger partial charge in [0.2, 0.25) is 0 Å². The smallest absolute Gasteiger partial charge is 0.160 e. The van der Waals surface area contributed by atoms with Crippen LogP contribution in [0.4, 0.5) is 5.69 Å². The van der Waals surface area contributed by atoms with Gasteiger partial charge in [0, 0.05) is 12.3 Å². The Morgan fingerprint density at radius 3 is 2.71 bits per heavy atom. The zero-order valence-electron chi connectivity index (χ0n) is 8.11. The Labute approximate surface area is 81.8 Å². The molecule has 2 rings (SSSR count). The second-order valence-corrected chi connectivity index (χ2v) is 3.12. The molecule has 0 aromatic carbocycles. The Bertz CT molecular complexity index is 462. The minimum Gasteiger partial charge on any atom is -0.462 e. The molecule has 2 aromatic rings. The van der Waals surface area contributed by atoms with Crippen LogP contribution in [0.5, 0.6) is 0 Å². The summed E-state index contributed by atoms with van der Waals surface area (Å²) in [5, 5.41) is 0. The van der Waals surface area contributed by atoms with Crippen molar-refractivity contribution in [2.24, 2.45) is 0 Å². The third kappa shape index (κ3) is 1.35. The average Bonchev–Trinajstić information content (AvgIpc) is 2.52. The van der Waals surface area contributed by atoms with E-state index in [2.05, 4.69) is 9.97 Å². The number of nitrogens with two attached hydrogens (primary N) is 1. The van der Waals surface area contributed by atoms with Crippen molar-refractivity contribution in [2.75, 3.05) is 5.73 Å². The molecule has 2 N–H and O–H groups in total. The van der Waals surface area contributed by atoms with E-state index in [4.69, 9.17) is 10.2 Å². The van der Waals surface area contributed by atoms with Gasteiger partial charge in [0.1, 0.15) is 5.82 Å². The van der Waals surface area contributed by atoms with E-state index >= 15 is 0 Å². The molecule has 0 aliphatic rings. The van der Waals surface area contributed by atoms with Crippen LogP contribution in [0.1, 0.15) is 11.5 Å². The summed E-state index contributed by atoms with van der Waals surface area (Å²) >= 11 is 0. The van der Waals surface area contributed by atoms with Gasteiger partial charge >= 0.3 is 0 Å². The maximum atomic E-state index is 5.73. The fourth-order valence-electron chi connectivity index (χ4n) is 1.34. The van der Waals surface area contributed by atoms with Crippen molar-refractivity contribution < 1.29 is 4.42 Å². The normalized spacial score (nSPS) is 10.4. The summed E-state index contributed by atoms with van der Waals surface area (Å²) in [6.45, 7) is 3.76. The van der Waals surface area contributed by atoms with E-state index in [1.165, 1.54) is 0 Å². The first-order valence-corrected chi connectivity index (χ1v) is 4.32. The summed E-state index contributed by atoms with van der Waals surface area (Å²) in [6, 6.07) is 1.72. The van der Waals surface area contributed by atoms with Gasteiger partial charge in [-0.2, -0.15) is 0 Å². The first-order valence-electron chi connectivity index (χ1n) is 4.32. The minimum absolute atomic E-state index is 0.612. The zero-order valence-corrected chi connectivity index (χ0v) is 8.11. The van der Waals surface area contributed by atoms with Crippen LogP contribution in [0.25, 0.3) is 11.3 Å². The molecule has 14 heavy (non-hydrogen) atoms. The van der Waals surface area contributed by atoms with Gasteiger partial charge < -0.3 is 10.2 Å². The van der Waals surface area contributed by atoms with Crippen LogP contribution in [-0.2, 0) is 0 Å². The largest absolute Gasteiger partial charge is 0.462 e. The van der Waals surface area contributed by atoms with E-state index in [1.807, 2.05) is 13.8 Å². The van der Waals surface area contributed by atoms with E-state index in [0.717, 1.165) is 17.1 Å².